The first kappa shape index (κ1) is 15.1. The van der Waals surface area contributed by atoms with E-state index in [9.17, 15) is 4.79 Å². The number of fused-ring (bicyclic) bond motifs is 2. The second-order valence-corrected chi connectivity index (χ2v) is 6.62. The molecule has 0 fully saturated rings. The number of hydrogen-bond donors (Lipinski definition) is 1. The molecule has 0 bridgehead atoms. The van der Waals surface area contributed by atoms with Gasteiger partial charge in [0.1, 0.15) is 11.5 Å². The third-order valence-electron chi connectivity index (χ3n) is 4.70. The first-order chi connectivity index (χ1) is 11.5. The van der Waals surface area contributed by atoms with Crippen molar-refractivity contribution in [3.63, 3.8) is 0 Å². The molecule has 3 aromatic heterocycles. The van der Waals surface area contributed by atoms with Crippen molar-refractivity contribution in [1.82, 2.24) is 24.3 Å². The number of aromatic amines is 1. The minimum Gasteiger partial charge on any atom is -0.310 e. The molecule has 3 aromatic rings. The van der Waals surface area contributed by atoms with Crippen LogP contribution in [0.3, 0.4) is 0 Å². The van der Waals surface area contributed by atoms with Gasteiger partial charge in [0.15, 0.2) is 0 Å². The average Bonchev–Trinajstić information content (AvgIpc) is 2.83. The molecule has 0 amide bonds. The van der Waals surface area contributed by atoms with Crippen molar-refractivity contribution in [2.45, 2.75) is 40.3 Å². The van der Waals surface area contributed by atoms with Crippen LogP contribution >= 0.6 is 0 Å². The van der Waals surface area contributed by atoms with Gasteiger partial charge in [-0.2, -0.15) is 0 Å². The Labute approximate surface area is 140 Å². The molecule has 0 spiro atoms. The van der Waals surface area contributed by atoms with Crippen LogP contribution in [0.5, 0.6) is 0 Å². The molecule has 0 saturated carbocycles. The van der Waals surface area contributed by atoms with E-state index in [1.807, 2.05) is 13.8 Å². The molecule has 0 saturated heterocycles. The van der Waals surface area contributed by atoms with E-state index in [4.69, 9.17) is 0 Å². The molecule has 6 heteroatoms. The van der Waals surface area contributed by atoms with Gasteiger partial charge in [0, 0.05) is 32.3 Å². The fourth-order valence-electron chi connectivity index (χ4n) is 3.46. The molecule has 4 rings (SSSR count). The highest BCUT2D eigenvalue weighted by molar-refractivity contribution is 5.44. The number of nitrogens with zero attached hydrogens (tertiary/aromatic N) is 4. The van der Waals surface area contributed by atoms with Crippen LogP contribution in [0.2, 0.25) is 0 Å². The molecule has 0 aromatic carbocycles. The van der Waals surface area contributed by atoms with Crippen molar-refractivity contribution < 1.29 is 0 Å². The third kappa shape index (κ3) is 2.53. The van der Waals surface area contributed by atoms with Crippen molar-refractivity contribution in [1.29, 1.82) is 0 Å². The van der Waals surface area contributed by atoms with Crippen molar-refractivity contribution >= 4 is 5.65 Å². The summed E-state index contributed by atoms with van der Waals surface area (Å²) in [7, 11) is 0. The summed E-state index contributed by atoms with van der Waals surface area (Å²) in [5.41, 5.74) is 6.15. The zero-order valence-electron chi connectivity index (χ0n) is 14.3. The average molecular weight is 323 g/mol. The number of rotatable bonds is 2. The van der Waals surface area contributed by atoms with Crippen molar-refractivity contribution in [2.24, 2.45) is 0 Å². The molecule has 1 aliphatic rings. The van der Waals surface area contributed by atoms with E-state index in [0.717, 1.165) is 42.1 Å². The van der Waals surface area contributed by atoms with Crippen LogP contribution in [0.15, 0.2) is 23.1 Å². The topological polar surface area (TPSA) is 66.3 Å². The lowest BCUT2D eigenvalue weighted by atomic mass is 10.1. The first-order valence-corrected chi connectivity index (χ1v) is 8.26. The van der Waals surface area contributed by atoms with Crippen LogP contribution in [-0.4, -0.2) is 30.8 Å². The molecular weight excluding hydrogens is 302 g/mol. The van der Waals surface area contributed by atoms with E-state index in [2.05, 4.69) is 49.5 Å². The number of hydrogen-bond acceptors (Lipinski definition) is 4. The van der Waals surface area contributed by atoms with Crippen LogP contribution in [-0.2, 0) is 19.5 Å². The van der Waals surface area contributed by atoms with Crippen molar-refractivity contribution in [3.05, 3.63) is 62.7 Å². The minimum atomic E-state index is -0.00657. The molecule has 0 atom stereocenters. The van der Waals surface area contributed by atoms with Crippen molar-refractivity contribution in [2.75, 3.05) is 6.54 Å². The van der Waals surface area contributed by atoms with Crippen LogP contribution in [0.25, 0.3) is 5.65 Å². The van der Waals surface area contributed by atoms with E-state index >= 15 is 0 Å². The Kier molecular flexibility index (Phi) is 3.49. The quantitative estimate of drug-likeness (QED) is 0.782. The predicted octanol–water partition coefficient (Wildman–Crippen LogP) is 1.90. The van der Waals surface area contributed by atoms with Gasteiger partial charge in [-0.25, -0.2) is 9.97 Å². The predicted molar refractivity (Wildman–Crippen MR) is 92.1 cm³/mol. The summed E-state index contributed by atoms with van der Waals surface area (Å²) in [6.45, 7) is 8.29. The van der Waals surface area contributed by atoms with Gasteiger partial charge in [0.25, 0.3) is 5.56 Å². The Morgan fingerprint density at radius 3 is 2.88 bits per heavy atom. The molecule has 4 heterocycles. The van der Waals surface area contributed by atoms with Gasteiger partial charge >= 0.3 is 0 Å². The van der Waals surface area contributed by atoms with Crippen LogP contribution in [0.4, 0.5) is 0 Å². The molecule has 0 aliphatic carbocycles. The molecule has 6 nitrogen and oxygen atoms in total. The summed E-state index contributed by atoms with van der Waals surface area (Å²) in [6, 6.07) is 4.13. The molecule has 1 aliphatic heterocycles. The summed E-state index contributed by atoms with van der Waals surface area (Å²) >= 11 is 0. The van der Waals surface area contributed by atoms with Gasteiger partial charge in [-0.15, -0.1) is 0 Å². The lowest BCUT2D eigenvalue weighted by Gasteiger charge is -2.27. The smallest absolute Gasteiger partial charge is 0.255 e. The highest BCUT2D eigenvalue weighted by atomic mass is 16.1. The molecule has 24 heavy (non-hydrogen) atoms. The Bertz CT molecular complexity index is 985. The number of aromatic nitrogens is 4. The highest BCUT2D eigenvalue weighted by Crippen LogP contribution is 2.20. The number of pyridine rings is 1. The lowest BCUT2D eigenvalue weighted by Crippen LogP contribution is -2.36. The van der Waals surface area contributed by atoms with Gasteiger partial charge in [-0.1, -0.05) is 6.07 Å². The lowest BCUT2D eigenvalue weighted by molar-refractivity contribution is 0.237. The Morgan fingerprint density at radius 2 is 2.04 bits per heavy atom. The largest absolute Gasteiger partial charge is 0.310 e. The Balaban J connectivity index is 1.66. The number of aryl methyl sites for hydroxylation is 3. The fourth-order valence-corrected chi connectivity index (χ4v) is 3.46. The number of nitrogens with one attached hydrogen (secondary N) is 1. The number of imidazole rings is 1. The van der Waals surface area contributed by atoms with E-state index in [-0.39, 0.29) is 5.56 Å². The molecule has 1 N–H and O–H groups in total. The Hall–Kier alpha value is -2.47. The summed E-state index contributed by atoms with van der Waals surface area (Å²) < 4.78 is 2.16. The monoisotopic (exact) mass is 323 g/mol. The first-order valence-electron chi connectivity index (χ1n) is 8.26. The van der Waals surface area contributed by atoms with Crippen LogP contribution in [0.1, 0.15) is 34.0 Å². The van der Waals surface area contributed by atoms with Gasteiger partial charge in [-0.05, 0) is 32.4 Å². The summed E-state index contributed by atoms with van der Waals surface area (Å²) in [6.07, 6.45) is 2.94. The van der Waals surface area contributed by atoms with Gasteiger partial charge < -0.3 is 9.38 Å². The van der Waals surface area contributed by atoms with E-state index < -0.39 is 0 Å². The maximum Gasteiger partial charge on any atom is 0.255 e. The van der Waals surface area contributed by atoms with E-state index in [1.165, 1.54) is 11.3 Å². The fraction of sp³-hybridized carbons (Fsp3) is 0.389. The maximum atomic E-state index is 12.2. The molecule has 0 radical (unpaired) electrons. The van der Waals surface area contributed by atoms with Gasteiger partial charge in [-0.3, -0.25) is 9.69 Å². The standard InChI is InChI=1S/C18H21N5O/c1-11-4-5-17-19-12(2)16(23(17)8-11)10-22-7-6-15-14(9-22)18(24)21-13(3)20-15/h4-5,8H,6-7,9-10H2,1-3H3,(H,20,21,24). The van der Waals surface area contributed by atoms with E-state index in [0.29, 0.717) is 12.4 Å². The van der Waals surface area contributed by atoms with E-state index in [1.54, 1.807) is 0 Å². The summed E-state index contributed by atoms with van der Waals surface area (Å²) in [4.78, 5) is 26.5. The molecular formula is C18H21N5O. The number of H-pyrrole nitrogens is 1. The molecule has 0 unspecified atom stereocenters. The SMILES string of the molecule is Cc1ccc2nc(C)c(CN3CCc4nc(C)[nH]c(=O)c4C3)n2c1. The third-order valence-corrected chi connectivity index (χ3v) is 4.70. The zero-order valence-corrected chi connectivity index (χ0v) is 14.3. The normalized spacial score (nSPS) is 15.0. The zero-order chi connectivity index (χ0) is 16.8. The van der Waals surface area contributed by atoms with Gasteiger partial charge in [0.2, 0.25) is 0 Å². The minimum absolute atomic E-state index is 0.00657. The summed E-state index contributed by atoms with van der Waals surface area (Å²) in [5, 5.41) is 0. The van der Waals surface area contributed by atoms with Crippen LogP contribution < -0.4 is 5.56 Å². The van der Waals surface area contributed by atoms with Gasteiger partial charge in [0.05, 0.1) is 22.6 Å². The maximum absolute atomic E-state index is 12.2. The Morgan fingerprint density at radius 1 is 1.21 bits per heavy atom. The molecule has 124 valence electrons. The van der Waals surface area contributed by atoms with Crippen molar-refractivity contribution in [3.8, 4) is 0 Å². The summed E-state index contributed by atoms with van der Waals surface area (Å²) in [5.74, 6) is 0.695. The second-order valence-electron chi connectivity index (χ2n) is 6.62. The van der Waals surface area contributed by atoms with Crippen LogP contribution in [0, 0.1) is 20.8 Å². The second kappa shape index (κ2) is 5.56. The highest BCUT2D eigenvalue weighted by Gasteiger charge is 2.22.